The molecule has 92 valence electrons. The van der Waals surface area contributed by atoms with Gasteiger partial charge in [0.05, 0.1) is 0 Å². The highest BCUT2D eigenvalue weighted by Crippen LogP contribution is 2.82. The average Bonchev–Trinajstić information content (AvgIpc) is 2.03. The summed E-state index contributed by atoms with van der Waals surface area (Å²) in [4.78, 5) is 0. The second kappa shape index (κ2) is 3.03. The van der Waals surface area contributed by atoms with Gasteiger partial charge >= 0.3 is 6.98 Å². The molecule has 0 nitrogen and oxygen atoms in total. The van der Waals surface area contributed by atoms with Crippen LogP contribution >= 0.6 is 11.6 Å². The SMILES string of the molecule is Cc1ccc(Cl)c(C23CC([B-](F)(F)F)(C2)C3)c1. The number of rotatable bonds is 2. The van der Waals surface area contributed by atoms with E-state index in [1.165, 1.54) is 0 Å². The van der Waals surface area contributed by atoms with E-state index in [1.54, 1.807) is 6.07 Å². The van der Waals surface area contributed by atoms with Gasteiger partial charge in [-0.3, -0.25) is 0 Å². The van der Waals surface area contributed by atoms with Crippen molar-refractivity contribution in [2.75, 3.05) is 0 Å². The van der Waals surface area contributed by atoms with Crippen LogP contribution in [0, 0.1) is 6.92 Å². The maximum absolute atomic E-state index is 12.8. The lowest BCUT2D eigenvalue weighted by Gasteiger charge is -2.75. The molecule has 2 bridgehead atoms. The molecule has 17 heavy (non-hydrogen) atoms. The fourth-order valence-corrected chi connectivity index (χ4v) is 3.86. The molecule has 3 saturated carbocycles. The van der Waals surface area contributed by atoms with Crippen molar-refractivity contribution in [3.63, 3.8) is 0 Å². The zero-order valence-corrected chi connectivity index (χ0v) is 10.2. The highest BCUT2D eigenvalue weighted by Gasteiger charge is 2.74. The molecule has 0 aromatic heterocycles. The van der Waals surface area contributed by atoms with Gasteiger partial charge in [0.25, 0.3) is 0 Å². The zero-order chi connectivity index (χ0) is 12.5. The second-order valence-electron chi connectivity index (χ2n) is 5.73. The van der Waals surface area contributed by atoms with E-state index in [0.717, 1.165) is 11.1 Å². The fourth-order valence-electron chi connectivity index (χ4n) is 3.54. The summed E-state index contributed by atoms with van der Waals surface area (Å²) in [5.41, 5.74) is 1.70. The van der Waals surface area contributed by atoms with Gasteiger partial charge in [-0.05, 0) is 24.0 Å². The molecule has 0 spiro atoms. The Morgan fingerprint density at radius 1 is 1.18 bits per heavy atom. The van der Waals surface area contributed by atoms with Crippen molar-refractivity contribution in [1.82, 2.24) is 0 Å². The second-order valence-corrected chi connectivity index (χ2v) is 6.14. The van der Waals surface area contributed by atoms with E-state index >= 15 is 0 Å². The molecular weight excluding hydrogens is 247 g/mol. The van der Waals surface area contributed by atoms with Crippen LogP contribution in [0.5, 0.6) is 0 Å². The molecule has 0 aliphatic heterocycles. The molecule has 0 N–H and O–H groups in total. The van der Waals surface area contributed by atoms with Crippen LogP contribution in [0.4, 0.5) is 12.9 Å². The van der Waals surface area contributed by atoms with Gasteiger partial charge in [-0.15, -0.1) is 0 Å². The van der Waals surface area contributed by atoms with Crippen LogP contribution in [0.25, 0.3) is 0 Å². The van der Waals surface area contributed by atoms with Crippen LogP contribution in [0.15, 0.2) is 18.2 Å². The van der Waals surface area contributed by atoms with Crippen LogP contribution in [0.2, 0.25) is 10.3 Å². The van der Waals surface area contributed by atoms with Gasteiger partial charge in [0.1, 0.15) is 0 Å². The minimum absolute atomic E-state index is 0.243. The number of aryl methyl sites for hydroxylation is 1. The first-order chi connectivity index (χ1) is 7.78. The number of hydrogen-bond donors (Lipinski definition) is 0. The predicted octanol–water partition coefficient (Wildman–Crippen LogP) is 4.67. The Morgan fingerprint density at radius 2 is 1.76 bits per heavy atom. The molecule has 0 amide bonds. The smallest absolute Gasteiger partial charge is 0.449 e. The van der Waals surface area contributed by atoms with E-state index in [4.69, 9.17) is 11.6 Å². The number of benzene rings is 1. The predicted molar refractivity (Wildman–Crippen MR) is 63.5 cm³/mol. The standard InChI is InChI=1S/C12H12BClF3/c1-8-2-3-10(14)9(4-8)11-5-12(6-11,7-11)13(15,16)17/h2-4H,5-7H2,1H3/q-1. The third-order valence-electron chi connectivity index (χ3n) is 4.46. The summed E-state index contributed by atoms with van der Waals surface area (Å²) in [5.74, 6) is 0. The molecule has 0 atom stereocenters. The van der Waals surface area contributed by atoms with Gasteiger partial charge in [0, 0.05) is 5.02 Å². The van der Waals surface area contributed by atoms with E-state index in [-0.39, 0.29) is 24.7 Å². The Bertz CT molecular complexity index is 475. The van der Waals surface area contributed by atoms with Crippen molar-refractivity contribution >= 4 is 18.6 Å². The average molecular weight is 259 g/mol. The maximum atomic E-state index is 12.8. The summed E-state index contributed by atoms with van der Waals surface area (Å²) < 4.78 is 38.5. The zero-order valence-electron chi connectivity index (χ0n) is 9.44. The van der Waals surface area contributed by atoms with Crippen LogP contribution in [-0.2, 0) is 5.41 Å². The number of halogens is 4. The topological polar surface area (TPSA) is 0 Å². The van der Waals surface area contributed by atoms with Gasteiger partial charge in [-0.25, -0.2) is 0 Å². The van der Waals surface area contributed by atoms with Gasteiger partial charge in [0.15, 0.2) is 0 Å². The lowest BCUT2D eigenvalue weighted by molar-refractivity contribution is -0.0400. The first-order valence-corrected chi connectivity index (χ1v) is 6.12. The third kappa shape index (κ3) is 1.33. The first kappa shape index (κ1) is 11.5. The van der Waals surface area contributed by atoms with Crippen molar-refractivity contribution in [2.24, 2.45) is 0 Å². The summed E-state index contributed by atoms with van der Waals surface area (Å²) in [6, 6.07) is 5.62. The summed E-state index contributed by atoms with van der Waals surface area (Å²) >= 11 is 6.10. The highest BCUT2D eigenvalue weighted by atomic mass is 35.5. The van der Waals surface area contributed by atoms with E-state index in [2.05, 4.69) is 0 Å². The van der Waals surface area contributed by atoms with Crippen molar-refractivity contribution in [3.8, 4) is 0 Å². The summed E-state index contributed by atoms with van der Waals surface area (Å²) in [5, 5.41) is -0.730. The van der Waals surface area contributed by atoms with Crippen molar-refractivity contribution < 1.29 is 12.9 Å². The Hall–Kier alpha value is -0.635. The third-order valence-corrected chi connectivity index (χ3v) is 4.79. The Kier molecular flexibility index (Phi) is 2.04. The molecule has 4 rings (SSSR count). The van der Waals surface area contributed by atoms with E-state index in [0.29, 0.717) is 5.02 Å². The molecule has 5 heteroatoms. The molecule has 0 saturated heterocycles. The van der Waals surface area contributed by atoms with Crippen molar-refractivity contribution in [3.05, 3.63) is 34.3 Å². The lowest BCUT2D eigenvalue weighted by atomic mass is 9.23. The molecule has 3 aliphatic rings. The first-order valence-electron chi connectivity index (χ1n) is 5.74. The normalized spacial score (nSPS) is 35.1. The molecule has 3 fully saturated rings. The van der Waals surface area contributed by atoms with Gasteiger partial charge in [0.2, 0.25) is 0 Å². The monoisotopic (exact) mass is 259 g/mol. The maximum Gasteiger partial charge on any atom is 0.484 e. The largest absolute Gasteiger partial charge is 0.484 e. The number of hydrogen-bond acceptors (Lipinski definition) is 0. The molecule has 0 radical (unpaired) electrons. The minimum Gasteiger partial charge on any atom is -0.449 e. The molecule has 1 aromatic rings. The molecule has 0 unspecified atom stereocenters. The lowest BCUT2D eigenvalue weighted by Crippen LogP contribution is -2.67. The molecule has 0 heterocycles. The molecular formula is C12H12BClF3-. The Morgan fingerprint density at radius 3 is 2.29 bits per heavy atom. The minimum atomic E-state index is -4.70. The van der Waals surface area contributed by atoms with Crippen LogP contribution in [0.1, 0.15) is 30.4 Å². The van der Waals surface area contributed by atoms with Gasteiger partial charge in [-0.2, -0.15) is 0 Å². The van der Waals surface area contributed by atoms with Gasteiger partial charge in [-0.1, -0.05) is 53.9 Å². The van der Waals surface area contributed by atoms with Gasteiger partial charge < -0.3 is 12.9 Å². The Balaban J connectivity index is 1.89. The van der Waals surface area contributed by atoms with E-state index in [9.17, 15) is 12.9 Å². The van der Waals surface area contributed by atoms with Crippen LogP contribution in [-0.4, -0.2) is 6.98 Å². The summed E-state index contributed by atoms with van der Waals surface area (Å²) in [6.07, 6.45) is 0.728. The van der Waals surface area contributed by atoms with E-state index < -0.39 is 12.3 Å². The van der Waals surface area contributed by atoms with Crippen LogP contribution < -0.4 is 0 Å². The van der Waals surface area contributed by atoms with Crippen LogP contribution in [0.3, 0.4) is 0 Å². The van der Waals surface area contributed by atoms with Crippen molar-refractivity contribution in [1.29, 1.82) is 0 Å². The summed E-state index contributed by atoms with van der Waals surface area (Å²) in [7, 11) is 0. The molecule has 1 aromatic carbocycles. The summed E-state index contributed by atoms with van der Waals surface area (Å²) in [6.45, 7) is -2.76. The quantitative estimate of drug-likeness (QED) is 0.677. The fraction of sp³-hybridized carbons (Fsp3) is 0.500. The van der Waals surface area contributed by atoms with Crippen molar-refractivity contribution in [2.45, 2.75) is 36.9 Å². The molecule has 3 aliphatic carbocycles. The Labute approximate surface area is 103 Å². The highest BCUT2D eigenvalue weighted by molar-refractivity contribution is 6.63. The van der Waals surface area contributed by atoms with E-state index in [1.807, 2.05) is 19.1 Å².